The Morgan fingerprint density at radius 1 is 1.11 bits per heavy atom. The number of hydrogen-bond acceptors (Lipinski definition) is 6. The summed E-state index contributed by atoms with van der Waals surface area (Å²) < 4.78 is 5.39. The van der Waals surface area contributed by atoms with Crippen molar-refractivity contribution >= 4 is 22.9 Å². The van der Waals surface area contributed by atoms with Crippen molar-refractivity contribution in [3.8, 4) is 0 Å². The lowest BCUT2D eigenvalue weighted by atomic mass is 10.1. The summed E-state index contributed by atoms with van der Waals surface area (Å²) in [6.07, 6.45) is 0. The van der Waals surface area contributed by atoms with Crippen molar-refractivity contribution in [3.05, 3.63) is 45.4 Å². The topological polar surface area (TPSA) is 48.9 Å². The number of carbonyl (C=O) groups excluding carboxylic acids is 1. The third-order valence-electron chi connectivity index (χ3n) is 5.72. The van der Waals surface area contributed by atoms with Crippen molar-refractivity contribution in [2.24, 2.45) is 0 Å². The van der Waals surface area contributed by atoms with E-state index in [2.05, 4.69) is 46.8 Å². The summed E-state index contributed by atoms with van der Waals surface area (Å²) in [6.45, 7) is 11.8. The number of aryl methyl sites for hydroxylation is 1. The van der Waals surface area contributed by atoms with Crippen LogP contribution >= 0.6 is 11.3 Å². The van der Waals surface area contributed by atoms with Crippen LogP contribution in [0, 0.1) is 13.8 Å². The first-order valence-electron chi connectivity index (χ1n) is 9.97. The highest BCUT2D eigenvalue weighted by atomic mass is 32.1. The number of rotatable bonds is 4. The molecule has 1 amide bonds. The molecular weight excluding hydrogens is 372 g/mol. The summed E-state index contributed by atoms with van der Waals surface area (Å²) in [5.74, 6) is 0.0603. The fourth-order valence-electron chi connectivity index (χ4n) is 3.82. The van der Waals surface area contributed by atoms with E-state index in [0.29, 0.717) is 5.69 Å². The fourth-order valence-corrected chi connectivity index (χ4v) is 4.63. The van der Waals surface area contributed by atoms with Gasteiger partial charge in [-0.1, -0.05) is 12.1 Å². The van der Waals surface area contributed by atoms with Gasteiger partial charge >= 0.3 is 0 Å². The van der Waals surface area contributed by atoms with Gasteiger partial charge in [-0.25, -0.2) is 4.98 Å². The molecule has 2 aliphatic heterocycles. The number of thiazole rings is 1. The molecule has 2 fully saturated rings. The molecule has 0 N–H and O–H groups in total. The highest BCUT2D eigenvalue weighted by Gasteiger charge is 2.25. The highest BCUT2D eigenvalue weighted by Crippen LogP contribution is 2.24. The number of aromatic nitrogens is 1. The van der Waals surface area contributed by atoms with Crippen molar-refractivity contribution in [2.75, 3.05) is 57.4 Å². The lowest BCUT2D eigenvalue weighted by Crippen LogP contribution is -2.49. The van der Waals surface area contributed by atoms with Gasteiger partial charge in [-0.3, -0.25) is 9.69 Å². The standard InChI is InChI=1S/C21H28N4O2S/c1-16-4-3-5-19(17(16)2)24-6-8-25(9-7-24)21(26)18-15-28-20(22-18)14-23-10-12-27-13-11-23/h3-5,15H,6-14H2,1-2H3. The van der Waals surface area contributed by atoms with Crippen molar-refractivity contribution in [1.29, 1.82) is 0 Å². The van der Waals surface area contributed by atoms with E-state index in [0.717, 1.165) is 64.0 Å². The van der Waals surface area contributed by atoms with Crippen LogP contribution in [0.25, 0.3) is 0 Å². The predicted molar refractivity (Wildman–Crippen MR) is 112 cm³/mol. The highest BCUT2D eigenvalue weighted by molar-refractivity contribution is 7.09. The maximum Gasteiger partial charge on any atom is 0.273 e. The third-order valence-corrected chi connectivity index (χ3v) is 6.55. The van der Waals surface area contributed by atoms with E-state index in [1.165, 1.54) is 16.8 Å². The lowest BCUT2D eigenvalue weighted by molar-refractivity contribution is 0.0341. The summed E-state index contributed by atoms with van der Waals surface area (Å²) in [7, 11) is 0. The smallest absolute Gasteiger partial charge is 0.273 e. The van der Waals surface area contributed by atoms with Crippen LogP contribution in [0.2, 0.25) is 0 Å². The van der Waals surface area contributed by atoms with Crippen LogP contribution in [0.15, 0.2) is 23.6 Å². The van der Waals surface area contributed by atoms with Crippen LogP contribution in [0.1, 0.15) is 26.6 Å². The Bertz CT molecular complexity index is 824. The Kier molecular flexibility index (Phi) is 5.94. The molecule has 0 unspecified atom stereocenters. The Hall–Kier alpha value is -1.96. The Morgan fingerprint density at radius 2 is 1.86 bits per heavy atom. The first-order valence-corrected chi connectivity index (χ1v) is 10.8. The summed E-state index contributed by atoms with van der Waals surface area (Å²) in [4.78, 5) is 24.2. The first-order chi connectivity index (χ1) is 13.6. The second-order valence-electron chi connectivity index (χ2n) is 7.51. The molecule has 0 saturated carbocycles. The quantitative estimate of drug-likeness (QED) is 0.789. The van der Waals surface area contributed by atoms with Crippen molar-refractivity contribution < 1.29 is 9.53 Å². The van der Waals surface area contributed by atoms with Crippen molar-refractivity contribution in [2.45, 2.75) is 20.4 Å². The molecule has 0 aliphatic carbocycles. The van der Waals surface area contributed by atoms with Gasteiger partial charge in [0.15, 0.2) is 0 Å². The Balaban J connectivity index is 1.34. The molecule has 0 spiro atoms. The van der Waals surface area contributed by atoms with Gasteiger partial charge in [-0.15, -0.1) is 11.3 Å². The number of nitrogens with zero attached hydrogens (tertiary/aromatic N) is 4. The Morgan fingerprint density at radius 3 is 2.61 bits per heavy atom. The number of carbonyl (C=O) groups is 1. The number of amides is 1. The first kappa shape index (κ1) is 19.4. The van der Waals surface area contributed by atoms with E-state index in [1.807, 2.05) is 10.3 Å². The molecule has 0 atom stereocenters. The normalized spacial score (nSPS) is 18.5. The largest absolute Gasteiger partial charge is 0.379 e. The van der Waals surface area contributed by atoms with Crippen molar-refractivity contribution in [3.63, 3.8) is 0 Å². The van der Waals surface area contributed by atoms with E-state index in [1.54, 1.807) is 11.3 Å². The summed E-state index contributed by atoms with van der Waals surface area (Å²) in [6, 6.07) is 6.44. The monoisotopic (exact) mass is 400 g/mol. The molecule has 0 bridgehead atoms. The van der Waals surface area contributed by atoms with Gasteiger partial charge in [0, 0.05) is 50.3 Å². The summed E-state index contributed by atoms with van der Waals surface area (Å²) >= 11 is 1.58. The van der Waals surface area contributed by atoms with Gasteiger partial charge in [-0.2, -0.15) is 0 Å². The van der Waals surface area contributed by atoms with E-state index >= 15 is 0 Å². The second kappa shape index (κ2) is 8.59. The second-order valence-corrected chi connectivity index (χ2v) is 8.46. The van der Waals surface area contributed by atoms with Gasteiger partial charge in [-0.05, 0) is 31.0 Å². The molecule has 7 heteroatoms. The molecule has 1 aromatic carbocycles. The molecule has 1 aromatic heterocycles. The van der Waals surface area contributed by atoms with Crippen LogP contribution in [0.3, 0.4) is 0 Å². The van der Waals surface area contributed by atoms with E-state index < -0.39 is 0 Å². The SMILES string of the molecule is Cc1cccc(N2CCN(C(=O)c3csc(CN4CCOCC4)n3)CC2)c1C. The lowest BCUT2D eigenvalue weighted by Gasteiger charge is -2.36. The maximum atomic E-state index is 12.9. The third kappa shape index (κ3) is 4.21. The molecule has 0 radical (unpaired) electrons. The molecule has 2 aliphatic rings. The number of piperazine rings is 1. The summed E-state index contributed by atoms with van der Waals surface area (Å²) in [5.41, 5.74) is 4.52. The average molecular weight is 401 g/mol. The molecule has 3 heterocycles. The average Bonchev–Trinajstić information content (AvgIpc) is 3.19. The van der Waals surface area contributed by atoms with Crippen LogP contribution in [0.4, 0.5) is 5.69 Å². The minimum absolute atomic E-state index is 0.0603. The maximum absolute atomic E-state index is 12.9. The van der Waals surface area contributed by atoms with Gasteiger partial charge < -0.3 is 14.5 Å². The van der Waals surface area contributed by atoms with Crippen LogP contribution in [-0.4, -0.2) is 73.2 Å². The molecule has 6 nitrogen and oxygen atoms in total. The fraction of sp³-hybridized carbons (Fsp3) is 0.524. The molecule has 2 saturated heterocycles. The van der Waals surface area contributed by atoms with Gasteiger partial charge in [0.25, 0.3) is 5.91 Å². The molecule has 150 valence electrons. The molecule has 4 rings (SSSR count). The van der Waals surface area contributed by atoms with Crippen LogP contribution < -0.4 is 4.90 Å². The number of morpholine rings is 1. The number of benzene rings is 1. The molecule has 28 heavy (non-hydrogen) atoms. The zero-order valence-corrected chi connectivity index (χ0v) is 17.5. The van der Waals surface area contributed by atoms with Crippen molar-refractivity contribution in [1.82, 2.24) is 14.8 Å². The van der Waals surface area contributed by atoms with E-state index in [-0.39, 0.29) is 5.91 Å². The van der Waals surface area contributed by atoms with E-state index in [4.69, 9.17) is 4.74 Å². The predicted octanol–water partition coefficient (Wildman–Crippen LogP) is 2.55. The zero-order valence-electron chi connectivity index (χ0n) is 16.7. The van der Waals surface area contributed by atoms with Crippen LogP contribution in [-0.2, 0) is 11.3 Å². The zero-order chi connectivity index (χ0) is 19.5. The minimum atomic E-state index is 0.0603. The van der Waals surface area contributed by atoms with Gasteiger partial charge in [0.2, 0.25) is 0 Å². The van der Waals surface area contributed by atoms with Gasteiger partial charge in [0.1, 0.15) is 10.7 Å². The minimum Gasteiger partial charge on any atom is -0.379 e. The van der Waals surface area contributed by atoms with Gasteiger partial charge in [0.05, 0.1) is 19.8 Å². The van der Waals surface area contributed by atoms with E-state index in [9.17, 15) is 4.79 Å². The Labute approximate surface area is 170 Å². The number of ether oxygens (including phenoxy) is 1. The van der Waals surface area contributed by atoms with Crippen LogP contribution in [0.5, 0.6) is 0 Å². The number of hydrogen-bond donors (Lipinski definition) is 0. The summed E-state index contributed by atoms with van der Waals surface area (Å²) in [5, 5.41) is 2.93. The number of anilines is 1. The molecule has 2 aromatic rings. The molecular formula is C21H28N4O2S.